The molecule has 2 heterocycles. The maximum atomic E-state index is 12.2. The highest BCUT2D eigenvalue weighted by Gasteiger charge is 2.33. The number of nitrogens with two attached hydrogens (primary N) is 2. The Kier molecular flexibility index (Phi) is 2.90. The first-order valence-electron chi connectivity index (χ1n) is 7.29. The highest BCUT2D eigenvalue weighted by atomic mass is 16.1. The second-order valence-electron chi connectivity index (χ2n) is 5.58. The van der Waals surface area contributed by atoms with Gasteiger partial charge in [-0.2, -0.15) is 15.2 Å². The summed E-state index contributed by atoms with van der Waals surface area (Å²) in [5.74, 6) is -0.418. The summed E-state index contributed by atoms with van der Waals surface area (Å²) < 4.78 is 1.79. The van der Waals surface area contributed by atoms with Gasteiger partial charge in [-0.05, 0) is 18.9 Å². The predicted molar refractivity (Wildman–Crippen MR) is 85.3 cm³/mol. The van der Waals surface area contributed by atoms with E-state index in [4.69, 9.17) is 11.5 Å². The zero-order valence-electron chi connectivity index (χ0n) is 12.2. The number of carbonyl (C=O) groups is 1. The largest absolute Gasteiger partial charge is 0.370 e. The molecule has 0 aliphatic heterocycles. The minimum absolute atomic E-state index is 0.250. The van der Waals surface area contributed by atoms with E-state index >= 15 is 0 Å². The van der Waals surface area contributed by atoms with Crippen molar-refractivity contribution < 1.29 is 4.79 Å². The Balaban J connectivity index is 1.90. The summed E-state index contributed by atoms with van der Waals surface area (Å²) in [6.45, 7) is 0. The molecule has 5 N–H and O–H groups in total. The Bertz CT molecular complexity index is 928. The lowest BCUT2D eigenvalue weighted by atomic mass is 10.1. The van der Waals surface area contributed by atoms with Crippen molar-refractivity contribution in [2.75, 3.05) is 0 Å². The second-order valence-corrected chi connectivity index (χ2v) is 5.58. The number of rotatable bonds is 3. The number of fused-ring (bicyclic) bond motifs is 1. The van der Waals surface area contributed by atoms with Crippen molar-refractivity contribution in [2.45, 2.75) is 18.8 Å². The monoisotopic (exact) mass is 309 g/mol. The number of para-hydroxylation sites is 1. The first-order valence-corrected chi connectivity index (χ1v) is 7.29. The lowest BCUT2D eigenvalue weighted by molar-refractivity contribution is 0.100. The quantitative estimate of drug-likeness (QED) is 0.492. The summed E-state index contributed by atoms with van der Waals surface area (Å²) in [7, 11) is 0. The Hall–Kier alpha value is -3.16. The smallest absolute Gasteiger partial charge is 0.283 e. The van der Waals surface area contributed by atoms with Gasteiger partial charge in [0, 0.05) is 11.3 Å². The molecule has 8 nitrogen and oxygen atoms in total. The van der Waals surface area contributed by atoms with Crippen LogP contribution in [-0.4, -0.2) is 31.8 Å². The number of aliphatic imine (C=N–C) groups is 1. The molecule has 1 aliphatic carbocycles. The molecule has 23 heavy (non-hydrogen) atoms. The molecule has 0 bridgehead atoms. The van der Waals surface area contributed by atoms with Crippen LogP contribution < -0.4 is 11.5 Å². The molecule has 0 saturated heterocycles. The fraction of sp³-hybridized carbons (Fsp3) is 0.200. The van der Waals surface area contributed by atoms with E-state index in [-0.39, 0.29) is 5.96 Å². The van der Waals surface area contributed by atoms with E-state index in [1.807, 2.05) is 18.2 Å². The molecule has 0 atom stereocenters. The lowest BCUT2D eigenvalue weighted by Gasteiger charge is -2.09. The van der Waals surface area contributed by atoms with Crippen molar-refractivity contribution in [3.8, 4) is 5.69 Å². The standard InChI is InChI=1S/C15H15N7O/c16-15(17)20-14(23)10-7-19-22(13(10)8-4-5-8)11-3-1-2-9-6-18-21-12(9)11/h1-3,6-8H,4-5H2,(H,18,21)(H4,16,17,20,23). The van der Waals surface area contributed by atoms with Gasteiger partial charge in [0.15, 0.2) is 5.96 Å². The van der Waals surface area contributed by atoms with E-state index in [0.717, 1.165) is 35.1 Å². The van der Waals surface area contributed by atoms with Crippen molar-refractivity contribution in [3.63, 3.8) is 0 Å². The van der Waals surface area contributed by atoms with E-state index in [1.54, 1.807) is 10.9 Å². The number of guanidine groups is 1. The van der Waals surface area contributed by atoms with Gasteiger partial charge >= 0.3 is 0 Å². The molecular formula is C15H15N7O. The second kappa shape index (κ2) is 4.94. The molecule has 0 unspecified atom stereocenters. The minimum atomic E-state index is -0.463. The van der Waals surface area contributed by atoms with E-state index in [2.05, 4.69) is 20.3 Å². The van der Waals surface area contributed by atoms with Crippen LogP contribution in [0.3, 0.4) is 0 Å². The first-order chi connectivity index (χ1) is 11.1. The van der Waals surface area contributed by atoms with E-state index in [9.17, 15) is 4.79 Å². The van der Waals surface area contributed by atoms with Gasteiger partial charge in [0.25, 0.3) is 5.91 Å². The highest BCUT2D eigenvalue weighted by Crippen LogP contribution is 2.43. The molecule has 1 aromatic carbocycles. The van der Waals surface area contributed by atoms with Crippen molar-refractivity contribution in [2.24, 2.45) is 16.5 Å². The number of aromatic amines is 1. The zero-order chi connectivity index (χ0) is 16.0. The van der Waals surface area contributed by atoms with Gasteiger partial charge in [0.2, 0.25) is 0 Å². The van der Waals surface area contributed by atoms with Crippen molar-refractivity contribution in [3.05, 3.63) is 41.9 Å². The number of nitrogens with zero attached hydrogens (tertiary/aromatic N) is 4. The maximum absolute atomic E-state index is 12.2. The van der Waals surface area contributed by atoms with E-state index < -0.39 is 5.91 Å². The topological polar surface area (TPSA) is 128 Å². The molecule has 3 aromatic rings. The van der Waals surface area contributed by atoms with Crippen molar-refractivity contribution in [1.29, 1.82) is 0 Å². The van der Waals surface area contributed by atoms with Crippen LogP contribution in [0.15, 0.2) is 35.6 Å². The average Bonchev–Trinajstić information content (AvgIpc) is 3.08. The van der Waals surface area contributed by atoms with Crippen LogP contribution in [-0.2, 0) is 0 Å². The molecule has 0 radical (unpaired) electrons. The Morgan fingerprint density at radius 1 is 1.30 bits per heavy atom. The van der Waals surface area contributed by atoms with E-state index in [0.29, 0.717) is 11.5 Å². The van der Waals surface area contributed by atoms with Gasteiger partial charge in [-0.25, -0.2) is 4.68 Å². The van der Waals surface area contributed by atoms with Gasteiger partial charge in [-0.1, -0.05) is 12.1 Å². The summed E-state index contributed by atoms with van der Waals surface area (Å²) in [5.41, 5.74) is 13.7. The van der Waals surface area contributed by atoms with Gasteiger partial charge in [0.1, 0.15) is 0 Å². The third-order valence-electron chi connectivity index (χ3n) is 3.91. The number of carbonyl (C=O) groups excluding carboxylic acids is 1. The van der Waals surface area contributed by atoms with Crippen LogP contribution in [0.5, 0.6) is 0 Å². The normalized spacial score (nSPS) is 14.1. The number of aromatic nitrogens is 4. The van der Waals surface area contributed by atoms with Crippen molar-refractivity contribution in [1.82, 2.24) is 20.0 Å². The molecular weight excluding hydrogens is 294 g/mol. The molecule has 1 saturated carbocycles. The van der Waals surface area contributed by atoms with Crippen LogP contribution in [0.25, 0.3) is 16.6 Å². The third-order valence-corrected chi connectivity index (χ3v) is 3.91. The Labute approximate surface area is 131 Å². The summed E-state index contributed by atoms with van der Waals surface area (Å²) in [6, 6.07) is 5.84. The average molecular weight is 309 g/mol. The molecule has 116 valence electrons. The molecule has 1 fully saturated rings. The third kappa shape index (κ3) is 2.24. The molecule has 0 spiro atoms. The van der Waals surface area contributed by atoms with Gasteiger partial charge in [0.05, 0.1) is 34.9 Å². The highest BCUT2D eigenvalue weighted by molar-refractivity contribution is 6.03. The minimum Gasteiger partial charge on any atom is -0.370 e. The van der Waals surface area contributed by atoms with Crippen LogP contribution in [0, 0.1) is 0 Å². The molecule has 1 amide bonds. The number of hydrogen-bond donors (Lipinski definition) is 3. The number of benzene rings is 1. The van der Waals surface area contributed by atoms with Crippen LogP contribution in [0.4, 0.5) is 0 Å². The van der Waals surface area contributed by atoms with Crippen LogP contribution in [0.1, 0.15) is 34.8 Å². The summed E-state index contributed by atoms with van der Waals surface area (Å²) in [6.07, 6.45) is 5.32. The Morgan fingerprint density at radius 2 is 2.13 bits per heavy atom. The molecule has 1 aliphatic rings. The maximum Gasteiger partial charge on any atom is 0.283 e. The number of hydrogen-bond acceptors (Lipinski definition) is 3. The Morgan fingerprint density at radius 3 is 2.87 bits per heavy atom. The van der Waals surface area contributed by atoms with Crippen LogP contribution in [0.2, 0.25) is 0 Å². The van der Waals surface area contributed by atoms with Crippen molar-refractivity contribution >= 4 is 22.8 Å². The van der Waals surface area contributed by atoms with Gasteiger partial charge < -0.3 is 11.5 Å². The fourth-order valence-corrected chi connectivity index (χ4v) is 2.77. The summed E-state index contributed by atoms with van der Waals surface area (Å²) in [4.78, 5) is 15.9. The number of nitrogens with one attached hydrogen (secondary N) is 1. The molecule has 4 rings (SSSR count). The first kappa shape index (κ1) is 13.5. The number of H-pyrrole nitrogens is 1. The SMILES string of the molecule is NC(N)=NC(=O)c1cnn(-c2cccc3cn[nH]c23)c1C1CC1. The molecule has 8 heteroatoms. The van der Waals surface area contributed by atoms with E-state index in [1.165, 1.54) is 6.20 Å². The molecule has 2 aromatic heterocycles. The summed E-state index contributed by atoms with van der Waals surface area (Å²) >= 11 is 0. The van der Waals surface area contributed by atoms with Gasteiger partial charge in [-0.15, -0.1) is 0 Å². The van der Waals surface area contributed by atoms with Crippen LogP contribution >= 0.6 is 0 Å². The zero-order valence-corrected chi connectivity index (χ0v) is 12.2. The predicted octanol–water partition coefficient (Wildman–Crippen LogP) is 1.04. The number of amides is 1. The summed E-state index contributed by atoms with van der Waals surface area (Å²) in [5, 5.41) is 12.4. The van der Waals surface area contributed by atoms with Gasteiger partial charge in [-0.3, -0.25) is 9.89 Å². The lowest BCUT2D eigenvalue weighted by Crippen LogP contribution is -2.24. The fourth-order valence-electron chi connectivity index (χ4n) is 2.77.